The molecule has 35 heavy (non-hydrogen) atoms. The first-order valence-electron chi connectivity index (χ1n) is 10.9. The van der Waals surface area contributed by atoms with Gasteiger partial charge in [0.1, 0.15) is 11.5 Å². The van der Waals surface area contributed by atoms with Crippen molar-refractivity contribution < 1.29 is 0 Å². The molecule has 7 nitrogen and oxygen atoms in total. The molecular weight excluding hydrogens is 481 g/mol. The third kappa shape index (κ3) is 5.06. The molecule has 0 radical (unpaired) electrons. The molecule has 0 saturated heterocycles. The number of anilines is 1. The molecule has 0 bridgehead atoms. The van der Waals surface area contributed by atoms with Crippen molar-refractivity contribution in [2.24, 2.45) is 10.1 Å². The lowest BCUT2D eigenvalue weighted by molar-refractivity contribution is 0.643. The van der Waals surface area contributed by atoms with E-state index in [1.807, 2.05) is 79.5 Å². The van der Waals surface area contributed by atoms with Crippen LogP contribution in [0.1, 0.15) is 22.5 Å². The topological polar surface area (TPSA) is 61.9 Å². The van der Waals surface area contributed by atoms with Crippen LogP contribution < -0.4 is 5.01 Å². The van der Waals surface area contributed by atoms with Gasteiger partial charge in [-0.3, -0.25) is 4.57 Å². The van der Waals surface area contributed by atoms with Crippen LogP contribution in [0.3, 0.4) is 0 Å². The molecular formula is C26H25Cl2N7. The molecule has 1 aliphatic heterocycles. The molecule has 0 spiro atoms. The van der Waals surface area contributed by atoms with Gasteiger partial charge in [-0.15, -0.1) is 22.6 Å². The summed E-state index contributed by atoms with van der Waals surface area (Å²) in [5.41, 5.74) is 5.80. The van der Waals surface area contributed by atoms with E-state index < -0.39 is 0 Å². The van der Waals surface area contributed by atoms with Crippen molar-refractivity contribution in [2.45, 2.75) is 13.5 Å². The minimum atomic E-state index is 0. The minimum Gasteiger partial charge on any atom is -0.369 e. The highest BCUT2D eigenvalue weighted by Crippen LogP contribution is 2.31. The molecule has 0 N–H and O–H groups in total. The maximum Gasteiger partial charge on any atom is 0.252 e. The van der Waals surface area contributed by atoms with Gasteiger partial charge in [0.2, 0.25) is 0 Å². The standard InChI is InChI=1S/C26H24ClN7.ClH/c1-18-29-30-26-33(16-19-8-14-22(15-9-19)28-17-32(2)3)31-25(20-10-12-21(27)13-11-20)23-6-4-5-7-24(23)34(18)26;/h4-15,17H,16H2,1-3H3;1H. The number of nitrogens with zero attached hydrogens (tertiary/aromatic N) is 7. The Morgan fingerprint density at radius 2 is 1.66 bits per heavy atom. The highest BCUT2D eigenvalue weighted by Gasteiger charge is 2.26. The Bertz CT molecular complexity index is 1370. The van der Waals surface area contributed by atoms with Gasteiger partial charge >= 0.3 is 0 Å². The van der Waals surface area contributed by atoms with Crippen molar-refractivity contribution in [1.82, 2.24) is 19.7 Å². The Balaban J connectivity index is 0.00000289. The van der Waals surface area contributed by atoms with E-state index in [1.165, 1.54) is 0 Å². The number of fused-ring (bicyclic) bond motifs is 3. The van der Waals surface area contributed by atoms with Gasteiger partial charge in [0.05, 0.1) is 24.3 Å². The second-order valence-corrected chi connectivity index (χ2v) is 8.72. The minimum absolute atomic E-state index is 0. The molecule has 3 aromatic carbocycles. The molecule has 1 aromatic heterocycles. The van der Waals surface area contributed by atoms with Gasteiger partial charge < -0.3 is 4.90 Å². The van der Waals surface area contributed by atoms with Crippen LogP contribution in [0.4, 0.5) is 11.6 Å². The molecule has 4 aromatic rings. The lowest BCUT2D eigenvalue weighted by Gasteiger charge is -2.18. The first kappa shape index (κ1) is 24.4. The Morgan fingerprint density at radius 3 is 2.37 bits per heavy atom. The lowest BCUT2D eigenvalue weighted by atomic mass is 10.0. The molecule has 0 saturated carbocycles. The van der Waals surface area contributed by atoms with Crippen LogP contribution in [-0.2, 0) is 6.54 Å². The van der Waals surface area contributed by atoms with Gasteiger partial charge in [-0.25, -0.2) is 10.0 Å². The predicted octanol–water partition coefficient (Wildman–Crippen LogP) is 5.64. The second kappa shape index (κ2) is 10.3. The Morgan fingerprint density at radius 1 is 0.943 bits per heavy atom. The number of rotatable bonds is 5. The maximum atomic E-state index is 6.16. The molecule has 0 aliphatic carbocycles. The zero-order valence-corrected chi connectivity index (χ0v) is 21.2. The summed E-state index contributed by atoms with van der Waals surface area (Å²) in [6, 6.07) is 24.1. The quantitative estimate of drug-likeness (QED) is 0.260. The van der Waals surface area contributed by atoms with Crippen molar-refractivity contribution in [2.75, 3.05) is 19.1 Å². The molecule has 2 heterocycles. The van der Waals surface area contributed by atoms with Crippen molar-refractivity contribution in [3.63, 3.8) is 0 Å². The summed E-state index contributed by atoms with van der Waals surface area (Å²) in [6.07, 6.45) is 1.79. The third-order valence-electron chi connectivity index (χ3n) is 5.48. The maximum absolute atomic E-state index is 6.16. The molecule has 0 unspecified atom stereocenters. The van der Waals surface area contributed by atoms with Crippen LogP contribution in [0.5, 0.6) is 0 Å². The highest BCUT2D eigenvalue weighted by molar-refractivity contribution is 6.30. The van der Waals surface area contributed by atoms with E-state index in [0.717, 1.165) is 39.6 Å². The van der Waals surface area contributed by atoms with Crippen molar-refractivity contribution in [3.05, 3.63) is 100 Å². The van der Waals surface area contributed by atoms with Gasteiger partial charge in [0, 0.05) is 30.2 Å². The summed E-state index contributed by atoms with van der Waals surface area (Å²) >= 11 is 6.16. The number of aromatic nitrogens is 3. The van der Waals surface area contributed by atoms with E-state index in [0.29, 0.717) is 17.5 Å². The number of hydrogen-bond donors (Lipinski definition) is 0. The smallest absolute Gasteiger partial charge is 0.252 e. The molecule has 1 aliphatic rings. The normalized spacial score (nSPS) is 12.5. The SMILES string of the molecule is Cc1nnc2n1-c1ccccc1C(c1ccc(Cl)cc1)=NN2Cc1ccc(N=CN(C)C)cc1.Cl. The molecule has 9 heteroatoms. The molecule has 178 valence electrons. The van der Waals surface area contributed by atoms with Crippen LogP contribution in [0, 0.1) is 6.92 Å². The number of para-hydroxylation sites is 1. The summed E-state index contributed by atoms with van der Waals surface area (Å²) in [5.74, 6) is 1.47. The van der Waals surface area contributed by atoms with Gasteiger partial charge in [-0.1, -0.05) is 54.1 Å². The summed E-state index contributed by atoms with van der Waals surface area (Å²) in [4.78, 5) is 6.36. The summed E-state index contributed by atoms with van der Waals surface area (Å²) in [5, 5.41) is 16.5. The second-order valence-electron chi connectivity index (χ2n) is 8.29. The van der Waals surface area contributed by atoms with E-state index in [1.54, 1.807) is 6.34 Å². The summed E-state index contributed by atoms with van der Waals surface area (Å²) in [6.45, 7) is 2.48. The lowest BCUT2D eigenvalue weighted by Crippen LogP contribution is -2.20. The Kier molecular flexibility index (Phi) is 7.19. The fourth-order valence-electron chi connectivity index (χ4n) is 3.86. The number of halogens is 2. The monoisotopic (exact) mass is 505 g/mol. The zero-order chi connectivity index (χ0) is 23.7. The number of hydrogen-bond acceptors (Lipinski definition) is 5. The number of hydrazone groups is 1. The van der Waals surface area contributed by atoms with Crippen molar-refractivity contribution >= 4 is 47.7 Å². The van der Waals surface area contributed by atoms with Gasteiger partial charge in [-0.2, -0.15) is 5.10 Å². The van der Waals surface area contributed by atoms with Gasteiger partial charge in [0.15, 0.2) is 0 Å². The summed E-state index contributed by atoms with van der Waals surface area (Å²) < 4.78 is 2.05. The fourth-order valence-corrected chi connectivity index (χ4v) is 3.98. The zero-order valence-electron chi connectivity index (χ0n) is 19.6. The first-order chi connectivity index (χ1) is 16.5. The van der Waals surface area contributed by atoms with Gasteiger partial charge in [-0.05, 0) is 42.8 Å². The van der Waals surface area contributed by atoms with E-state index in [4.69, 9.17) is 16.7 Å². The van der Waals surface area contributed by atoms with Gasteiger partial charge in [0.25, 0.3) is 5.95 Å². The number of aryl methyl sites for hydroxylation is 1. The predicted molar refractivity (Wildman–Crippen MR) is 145 cm³/mol. The van der Waals surface area contributed by atoms with E-state index >= 15 is 0 Å². The van der Waals surface area contributed by atoms with Crippen molar-refractivity contribution in [3.8, 4) is 5.69 Å². The Hall–Kier alpha value is -3.68. The first-order valence-corrected chi connectivity index (χ1v) is 11.3. The molecule has 0 atom stereocenters. The highest BCUT2D eigenvalue weighted by atomic mass is 35.5. The molecule has 5 rings (SSSR count). The van der Waals surface area contributed by atoms with Crippen molar-refractivity contribution in [1.29, 1.82) is 0 Å². The average molecular weight is 506 g/mol. The van der Waals surface area contributed by atoms with Crippen LogP contribution in [0.25, 0.3) is 5.69 Å². The fraction of sp³-hybridized carbons (Fsp3) is 0.154. The molecule has 0 amide bonds. The van der Waals surface area contributed by atoms with Crippen LogP contribution in [0.2, 0.25) is 5.02 Å². The number of benzene rings is 3. The average Bonchev–Trinajstić information content (AvgIpc) is 3.16. The summed E-state index contributed by atoms with van der Waals surface area (Å²) in [7, 11) is 3.90. The largest absolute Gasteiger partial charge is 0.369 e. The Labute approximate surface area is 215 Å². The van der Waals surface area contributed by atoms with Crippen LogP contribution >= 0.6 is 24.0 Å². The van der Waals surface area contributed by atoms with Crippen LogP contribution in [-0.4, -0.2) is 45.8 Å². The van der Waals surface area contributed by atoms with E-state index in [2.05, 4.69) is 44.0 Å². The number of aliphatic imine (C=N–C) groups is 1. The van der Waals surface area contributed by atoms with E-state index in [9.17, 15) is 0 Å². The third-order valence-corrected chi connectivity index (χ3v) is 5.74. The van der Waals surface area contributed by atoms with Crippen LogP contribution in [0.15, 0.2) is 82.9 Å². The van der Waals surface area contributed by atoms with E-state index in [-0.39, 0.29) is 12.4 Å². The molecule has 0 fully saturated rings.